The van der Waals surface area contributed by atoms with E-state index >= 15 is 0 Å². The van der Waals surface area contributed by atoms with Gasteiger partial charge in [-0.3, -0.25) is 9.69 Å². The van der Waals surface area contributed by atoms with Crippen molar-refractivity contribution in [3.63, 3.8) is 0 Å². The van der Waals surface area contributed by atoms with Crippen LogP contribution in [0.5, 0.6) is 0 Å². The van der Waals surface area contributed by atoms with Crippen LogP contribution in [0.15, 0.2) is 24.3 Å². The van der Waals surface area contributed by atoms with Crippen LogP contribution < -0.4 is 5.32 Å². The molecule has 1 heterocycles. The molecule has 0 aliphatic carbocycles. The molecule has 2 amide bonds. The van der Waals surface area contributed by atoms with Gasteiger partial charge in [0.2, 0.25) is 5.91 Å². The van der Waals surface area contributed by atoms with Gasteiger partial charge in [0.05, 0.1) is 11.4 Å². The second-order valence-corrected chi connectivity index (χ2v) is 7.53. The van der Waals surface area contributed by atoms with Gasteiger partial charge in [0.25, 0.3) is 0 Å². The fourth-order valence-corrected chi connectivity index (χ4v) is 3.30. The molecule has 1 fully saturated rings. The maximum absolute atomic E-state index is 12.7. The molecular weight excluding hydrogens is 357 g/mol. The van der Waals surface area contributed by atoms with E-state index in [1.54, 1.807) is 20.8 Å². The Balaban J connectivity index is 2.08. The Morgan fingerprint density at radius 3 is 2.56 bits per heavy atom. The molecule has 25 heavy (non-hydrogen) atoms. The minimum absolute atomic E-state index is 0.0286. The number of anilines is 1. The fourth-order valence-electron chi connectivity index (χ4n) is 2.16. The van der Waals surface area contributed by atoms with Crippen LogP contribution in [0, 0.1) is 0 Å². The van der Waals surface area contributed by atoms with Gasteiger partial charge in [0.15, 0.2) is 0 Å². The van der Waals surface area contributed by atoms with Gasteiger partial charge in [0, 0.05) is 11.4 Å². The molecule has 0 radical (unpaired) electrons. The van der Waals surface area contributed by atoms with Crippen LogP contribution in [0.1, 0.15) is 26.3 Å². The van der Waals surface area contributed by atoms with Gasteiger partial charge in [-0.1, -0.05) is 6.07 Å². The second-order valence-electron chi connectivity index (χ2n) is 6.53. The number of nitrogens with zero attached hydrogens (tertiary/aromatic N) is 1. The van der Waals surface area contributed by atoms with Crippen molar-refractivity contribution in [2.75, 3.05) is 16.9 Å². The summed E-state index contributed by atoms with van der Waals surface area (Å²) in [7, 11) is 0. The zero-order valence-electron chi connectivity index (χ0n) is 14.0. The Kier molecular flexibility index (Phi) is 5.55. The van der Waals surface area contributed by atoms with Gasteiger partial charge >= 0.3 is 12.3 Å². The third-order valence-corrected chi connectivity index (χ3v) is 4.28. The van der Waals surface area contributed by atoms with Crippen molar-refractivity contribution in [1.82, 2.24) is 4.90 Å². The van der Waals surface area contributed by atoms with E-state index in [9.17, 15) is 22.8 Å². The van der Waals surface area contributed by atoms with Crippen LogP contribution >= 0.6 is 11.8 Å². The highest BCUT2D eigenvalue weighted by atomic mass is 32.2. The first-order valence-corrected chi connectivity index (χ1v) is 8.68. The molecule has 0 spiro atoms. The molecular formula is C16H19F3N2O3S. The third-order valence-electron chi connectivity index (χ3n) is 3.27. The summed E-state index contributed by atoms with van der Waals surface area (Å²) < 4.78 is 43.5. The van der Waals surface area contributed by atoms with Crippen molar-refractivity contribution in [3.05, 3.63) is 29.8 Å². The fraction of sp³-hybridized carbons (Fsp3) is 0.500. The molecule has 5 nitrogen and oxygen atoms in total. The molecule has 1 N–H and O–H groups in total. The lowest BCUT2D eigenvalue weighted by Crippen LogP contribution is -2.46. The minimum Gasteiger partial charge on any atom is -0.444 e. The molecule has 1 aromatic carbocycles. The van der Waals surface area contributed by atoms with E-state index in [1.165, 1.54) is 28.8 Å². The molecule has 1 atom stereocenters. The summed E-state index contributed by atoms with van der Waals surface area (Å²) in [5.41, 5.74) is -1.53. The highest BCUT2D eigenvalue weighted by Gasteiger charge is 2.37. The van der Waals surface area contributed by atoms with E-state index in [2.05, 4.69) is 5.32 Å². The Morgan fingerprint density at radius 2 is 1.96 bits per heavy atom. The number of hydrogen-bond donors (Lipinski definition) is 1. The molecule has 138 valence electrons. The quantitative estimate of drug-likeness (QED) is 0.849. The highest BCUT2D eigenvalue weighted by molar-refractivity contribution is 7.99. The number of halogens is 3. The van der Waals surface area contributed by atoms with Crippen LogP contribution in [0.25, 0.3) is 0 Å². The summed E-state index contributed by atoms with van der Waals surface area (Å²) in [6, 6.07) is 3.57. The molecule has 1 aliphatic rings. The number of benzene rings is 1. The van der Waals surface area contributed by atoms with Crippen molar-refractivity contribution in [3.8, 4) is 0 Å². The number of alkyl halides is 3. The molecule has 0 aromatic heterocycles. The molecule has 1 aromatic rings. The zero-order chi connectivity index (χ0) is 18.8. The molecule has 0 unspecified atom stereocenters. The van der Waals surface area contributed by atoms with Crippen LogP contribution in [0.3, 0.4) is 0 Å². The Labute approximate surface area is 147 Å². The van der Waals surface area contributed by atoms with Crippen molar-refractivity contribution in [2.45, 2.75) is 38.6 Å². The van der Waals surface area contributed by atoms with Crippen LogP contribution in [0.2, 0.25) is 0 Å². The number of carbonyl (C=O) groups excluding carboxylic acids is 2. The van der Waals surface area contributed by atoms with Crippen LogP contribution in [-0.2, 0) is 15.7 Å². The topological polar surface area (TPSA) is 58.6 Å². The third kappa shape index (κ3) is 5.29. The van der Waals surface area contributed by atoms with Crippen molar-refractivity contribution >= 4 is 29.4 Å². The lowest BCUT2D eigenvalue weighted by atomic mass is 10.2. The zero-order valence-corrected chi connectivity index (χ0v) is 14.8. The van der Waals surface area contributed by atoms with Gasteiger partial charge in [-0.05, 0) is 39.0 Å². The number of thioether (sulfide) groups is 1. The van der Waals surface area contributed by atoms with Crippen LogP contribution in [0.4, 0.5) is 23.7 Å². The number of carbonyl (C=O) groups is 2. The first-order valence-electron chi connectivity index (χ1n) is 7.53. The SMILES string of the molecule is CC(C)(C)OC(=O)N1CSC[C@@H]1C(=O)Nc1cccc(C(F)(F)F)c1. The number of ether oxygens (including phenoxy) is 1. The molecule has 9 heteroatoms. The van der Waals surface area contributed by atoms with E-state index in [-0.39, 0.29) is 11.6 Å². The highest BCUT2D eigenvalue weighted by Crippen LogP contribution is 2.31. The molecule has 2 rings (SSSR count). The summed E-state index contributed by atoms with van der Waals surface area (Å²) in [6.45, 7) is 5.14. The minimum atomic E-state index is -4.49. The van der Waals surface area contributed by atoms with Crippen molar-refractivity contribution in [1.29, 1.82) is 0 Å². The molecule has 1 saturated heterocycles. The number of hydrogen-bond acceptors (Lipinski definition) is 4. The Bertz CT molecular complexity index is 659. The maximum Gasteiger partial charge on any atom is 0.416 e. The lowest BCUT2D eigenvalue weighted by molar-refractivity contribution is -0.137. The normalized spacial score (nSPS) is 18.2. The first kappa shape index (κ1) is 19.4. The number of amides is 2. The van der Waals surface area contributed by atoms with Crippen molar-refractivity contribution in [2.24, 2.45) is 0 Å². The van der Waals surface area contributed by atoms with Crippen molar-refractivity contribution < 1.29 is 27.5 Å². The maximum atomic E-state index is 12.7. The standard InChI is InChI=1S/C16H19F3N2O3S/c1-15(2,3)24-14(23)21-9-25-8-12(21)13(22)20-11-6-4-5-10(7-11)16(17,18)19/h4-7,12H,8-9H2,1-3H3,(H,20,22)/t12-/m1/s1. The summed E-state index contributed by atoms with van der Waals surface area (Å²) >= 11 is 1.38. The van der Waals surface area contributed by atoms with E-state index < -0.39 is 35.4 Å². The monoisotopic (exact) mass is 376 g/mol. The summed E-state index contributed by atoms with van der Waals surface area (Å²) in [6.07, 6.45) is -5.12. The average Bonchev–Trinajstić information content (AvgIpc) is 2.94. The Morgan fingerprint density at radius 1 is 1.28 bits per heavy atom. The predicted molar refractivity (Wildman–Crippen MR) is 89.3 cm³/mol. The smallest absolute Gasteiger partial charge is 0.416 e. The van der Waals surface area contributed by atoms with Gasteiger partial charge in [-0.15, -0.1) is 11.8 Å². The number of rotatable bonds is 2. The summed E-state index contributed by atoms with van der Waals surface area (Å²) in [5, 5.41) is 2.44. The van der Waals surface area contributed by atoms with Gasteiger partial charge in [-0.25, -0.2) is 4.79 Å². The summed E-state index contributed by atoms with van der Waals surface area (Å²) in [5.74, 6) is 0.0924. The molecule has 1 aliphatic heterocycles. The van der Waals surface area contributed by atoms with E-state index in [4.69, 9.17) is 4.74 Å². The van der Waals surface area contributed by atoms with Crippen LogP contribution in [-0.4, -0.2) is 40.2 Å². The largest absolute Gasteiger partial charge is 0.444 e. The van der Waals surface area contributed by atoms with E-state index in [1.807, 2.05) is 0 Å². The lowest BCUT2D eigenvalue weighted by Gasteiger charge is -2.27. The summed E-state index contributed by atoms with van der Waals surface area (Å²) in [4.78, 5) is 25.9. The van der Waals surface area contributed by atoms with Gasteiger partial charge < -0.3 is 10.1 Å². The van der Waals surface area contributed by atoms with E-state index in [0.29, 0.717) is 5.75 Å². The first-order chi connectivity index (χ1) is 11.5. The van der Waals surface area contributed by atoms with Gasteiger partial charge in [-0.2, -0.15) is 13.2 Å². The molecule has 0 saturated carbocycles. The second kappa shape index (κ2) is 7.15. The van der Waals surface area contributed by atoms with E-state index in [0.717, 1.165) is 12.1 Å². The predicted octanol–water partition coefficient (Wildman–Crippen LogP) is 3.95. The average molecular weight is 376 g/mol. The Hall–Kier alpha value is -1.90. The molecule has 0 bridgehead atoms. The van der Waals surface area contributed by atoms with Gasteiger partial charge in [0.1, 0.15) is 11.6 Å². The number of nitrogens with one attached hydrogen (secondary N) is 1.